The molecule has 1 fully saturated rings. The van der Waals surface area contributed by atoms with Crippen LogP contribution in [0.5, 0.6) is 0 Å². The van der Waals surface area contributed by atoms with Gasteiger partial charge in [-0.25, -0.2) is 9.59 Å². The molecule has 2 amide bonds. The molecular formula is C25H28N2O6. The van der Waals surface area contributed by atoms with Crippen LogP contribution in [0.3, 0.4) is 0 Å². The van der Waals surface area contributed by atoms with Gasteiger partial charge in [0.15, 0.2) is 5.60 Å². The van der Waals surface area contributed by atoms with E-state index in [1.54, 1.807) is 0 Å². The van der Waals surface area contributed by atoms with E-state index in [-0.39, 0.29) is 43.9 Å². The highest BCUT2D eigenvalue weighted by Crippen LogP contribution is 2.44. The van der Waals surface area contributed by atoms with E-state index in [0.29, 0.717) is 0 Å². The highest BCUT2D eigenvalue weighted by Gasteiger charge is 2.50. The highest BCUT2D eigenvalue weighted by molar-refractivity contribution is 5.85. The number of nitrogens with zero attached hydrogens (tertiary/aromatic N) is 1. The standard InChI is InChI=1S/C25H28N2O6/c1-15(2)21(11-22(28)27-13-25(32,14-27)23(29)30)26-24(31)33-12-20-18-9-5-3-7-16(18)17-8-4-6-10-19(17)20/h3-10,15,20-21,32H,11-14H2,1-2H3,(H,26,31)(H,29,30). The molecule has 174 valence electrons. The number of carboxylic acid groups (broad SMARTS) is 1. The number of β-amino-alcohol motifs (C(OH)–C–C–N with tert-alkyl or cyclic N) is 1. The fraction of sp³-hybridized carbons (Fsp3) is 0.400. The van der Waals surface area contributed by atoms with Crippen molar-refractivity contribution >= 4 is 18.0 Å². The lowest BCUT2D eigenvalue weighted by atomic mass is 9.92. The van der Waals surface area contributed by atoms with Crippen LogP contribution in [0.4, 0.5) is 4.79 Å². The van der Waals surface area contributed by atoms with Crippen LogP contribution in [0.2, 0.25) is 0 Å². The fourth-order valence-electron chi connectivity index (χ4n) is 4.46. The number of aliphatic hydroxyl groups is 1. The van der Waals surface area contributed by atoms with Crippen molar-refractivity contribution in [2.75, 3.05) is 19.7 Å². The summed E-state index contributed by atoms with van der Waals surface area (Å²) in [7, 11) is 0. The van der Waals surface area contributed by atoms with Crippen LogP contribution < -0.4 is 5.32 Å². The molecule has 1 atom stereocenters. The molecular weight excluding hydrogens is 424 g/mol. The molecule has 8 nitrogen and oxygen atoms in total. The number of rotatable bonds is 7. The van der Waals surface area contributed by atoms with Gasteiger partial charge in [-0.15, -0.1) is 0 Å². The Kier molecular flexibility index (Phi) is 6.12. The van der Waals surface area contributed by atoms with Gasteiger partial charge in [-0.3, -0.25) is 4.79 Å². The Bertz CT molecular complexity index is 1030. The Labute approximate surface area is 192 Å². The molecule has 0 spiro atoms. The lowest BCUT2D eigenvalue weighted by Gasteiger charge is -2.43. The second-order valence-corrected chi connectivity index (χ2v) is 9.11. The van der Waals surface area contributed by atoms with Crippen LogP contribution in [0, 0.1) is 5.92 Å². The molecule has 1 saturated heterocycles. The molecule has 2 aromatic rings. The maximum Gasteiger partial charge on any atom is 0.407 e. The summed E-state index contributed by atoms with van der Waals surface area (Å²) in [4.78, 5) is 37.4. The number of amides is 2. The summed E-state index contributed by atoms with van der Waals surface area (Å²) in [5, 5.41) is 21.6. The van der Waals surface area contributed by atoms with Gasteiger partial charge in [-0.1, -0.05) is 62.4 Å². The number of likely N-dealkylation sites (tertiary alicyclic amines) is 1. The van der Waals surface area contributed by atoms with Crippen molar-refractivity contribution in [3.05, 3.63) is 59.7 Å². The Hall–Kier alpha value is -3.39. The fourth-order valence-corrected chi connectivity index (χ4v) is 4.46. The number of nitrogens with one attached hydrogen (secondary N) is 1. The summed E-state index contributed by atoms with van der Waals surface area (Å²) in [6, 6.07) is 15.7. The first-order valence-corrected chi connectivity index (χ1v) is 11.0. The van der Waals surface area contributed by atoms with E-state index in [2.05, 4.69) is 17.4 Å². The maximum atomic E-state index is 12.6. The van der Waals surface area contributed by atoms with E-state index in [0.717, 1.165) is 22.3 Å². The predicted octanol–water partition coefficient (Wildman–Crippen LogP) is 2.60. The molecule has 8 heteroatoms. The number of aliphatic carboxylic acids is 1. The zero-order valence-corrected chi connectivity index (χ0v) is 18.7. The number of carbonyl (C=O) groups is 3. The van der Waals surface area contributed by atoms with Gasteiger partial charge in [-0.05, 0) is 28.2 Å². The van der Waals surface area contributed by atoms with Gasteiger partial charge in [0.25, 0.3) is 0 Å². The van der Waals surface area contributed by atoms with E-state index in [1.807, 2.05) is 50.2 Å². The van der Waals surface area contributed by atoms with Gasteiger partial charge in [0.05, 0.1) is 13.1 Å². The smallest absolute Gasteiger partial charge is 0.407 e. The zero-order chi connectivity index (χ0) is 23.8. The van der Waals surface area contributed by atoms with Gasteiger partial charge in [0.2, 0.25) is 5.91 Å². The molecule has 1 aliphatic heterocycles. The summed E-state index contributed by atoms with van der Waals surface area (Å²) in [6.45, 7) is 3.43. The van der Waals surface area contributed by atoms with Crippen LogP contribution in [0.1, 0.15) is 37.3 Å². The van der Waals surface area contributed by atoms with Gasteiger partial charge < -0.3 is 25.2 Å². The molecule has 0 bridgehead atoms. The summed E-state index contributed by atoms with van der Waals surface area (Å²) >= 11 is 0. The van der Waals surface area contributed by atoms with Crippen LogP contribution in [-0.2, 0) is 14.3 Å². The molecule has 1 aliphatic carbocycles. The largest absolute Gasteiger partial charge is 0.479 e. The van der Waals surface area contributed by atoms with Crippen molar-refractivity contribution in [2.45, 2.75) is 37.8 Å². The molecule has 3 N–H and O–H groups in total. The Morgan fingerprint density at radius 2 is 1.61 bits per heavy atom. The monoisotopic (exact) mass is 452 g/mol. The van der Waals surface area contributed by atoms with Crippen LogP contribution in [0.15, 0.2) is 48.5 Å². The minimum absolute atomic E-state index is 0.00242. The average molecular weight is 453 g/mol. The van der Waals surface area contributed by atoms with E-state index in [4.69, 9.17) is 9.84 Å². The van der Waals surface area contributed by atoms with E-state index in [9.17, 15) is 19.5 Å². The zero-order valence-electron chi connectivity index (χ0n) is 18.7. The first kappa shape index (κ1) is 22.8. The topological polar surface area (TPSA) is 116 Å². The minimum atomic E-state index is -1.89. The second kappa shape index (κ2) is 8.86. The minimum Gasteiger partial charge on any atom is -0.479 e. The summed E-state index contributed by atoms with van der Waals surface area (Å²) in [6.07, 6.45) is -0.605. The normalized spacial score (nSPS) is 17.0. The molecule has 1 heterocycles. The number of hydrogen-bond acceptors (Lipinski definition) is 5. The van der Waals surface area contributed by atoms with Crippen LogP contribution in [-0.4, -0.2) is 64.4 Å². The second-order valence-electron chi connectivity index (χ2n) is 9.11. The lowest BCUT2D eigenvalue weighted by molar-refractivity contribution is -0.182. The third kappa shape index (κ3) is 4.43. The number of ether oxygens (including phenoxy) is 1. The highest BCUT2D eigenvalue weighted by atomic mass is 16.5. The maximum absolute atomic E-state index is 12.6. The number of alkyl carbamates (subject to hydrolysis) is 1. The molecule has 2 aliphatic rings. The van der Waals surface area contributed by atoms with Crippen LogP contribution in [0.25, 0.3) is 11.1 Å². The molecule has 1 unspecified atom stereocenters. The van der Waals surface area contributed by atoms with E-state index < -0.39 is 23.7 Å². The van der Waals surface area contributed by atoms with Crippen molar-refractivity contribution in [3.63, 3.8) is 0 Å². The van der Waals surface area contributed by atoms with Gasteiger partial charge in [-0.2, -0.15) is 0 Å². The van der Waals surface area contributed by atoms with Crippen molar-refractivity contribution < 1.29 is 29.3 Å². The Morgan fingerprint density at radius 1 is 1.06 bits per heavy atom. The van der Waals surface area contributed by atoms with Crippen molar-refractivity contribution in [3.8, 4) is 11.1 Å². The summed E-state index contributed by atoms with van der Waals surface area (Å²) in [5.41, 5.74) is 2.63. The van der Waals surface area contributed by atoms with Crippen molar-refractivity contribution in [1.82, 2.24) is 10.2 Å². The lowest BCUT2D eigenvalue weighted by Crippen LogP contribution is -2.67. The molecule has 33 heavy (non-hydrogen) atoms. The average Bonchev–Trinajstić information content (AvgIpc) is 3.08. The number of hydrogen-bond donors (Lipinski definition) is 3. The number of fused-ring (bicyclic) bond motifs is 3. The third-order valence-electron chi connectivity index (χ3n) is 6.50. The number of benzene rings is 2. The summed E-state index contributed by atoms with van der Waals surface area (Å²) in [5.74, 6) is -1.77. The first-order valence-electron chi connectivity index (χ1n) is 11.0. The van der Waals surface area contributed by atoms with Gasteiger partial charge in [0.1, 0.15) is 6.61 Å². The van der Waals surface area contributed by atoms with Gasteiger partial charge >= 0.3 is 12.1 Å². The molecule has 4 rings (SSSR count). The number of carbonyl (C=O) groups excluding carboxylic acids is 2. The Balaban J connectivity index is 1.35. The van der Waals surface area contributed by atoms with E-state index in [1.165, 1.54) is 4.90 Å². The van der Waals surface area contributed by atoms with Gasteiger partial charge in [0, 0.05) is 18.4 Å². The molecule has 0 saturated carbocycles. The van der Waals surface area contributed by atoms with Crippen molar-refractivity contribution in [1.29, 1.82) is 0 Å². The van der Waals surface area contributed by atoms with Crippen molar-refractivity contribution in [2.24, 2.45) is 5.92 Å². The number of carboxylic acids is 1. The quantitative estimate of drug-likeness (QED) is 0.595. The van der Waals surface area contributed by atoms with E-state index >= 15 is 0 Å². The Morgan fingerprint density at radius 3 is 2.12 bits per heavy atom. The molecule has 0 aromatic heterocycles. The van der Waals surface area contributed by atoms with Crippen LogP contribution >= 0.6 is 0 Å². The first-order chi connectivity index (χ1) is 15.7. The molecule has 2 aromatic carbocycles. The summed E-state index contributed by atoms with van der Waals surface area (Å²) < 4.78 is 5.57. The molecule has 0 radical (unpaired) electrons. The third-order valence-corrected chi connectivity index (χ3v) is 6.50. The SMILES string of the molecule is CC(C)C(CC(=O)N1CC(O)(C(=O)O)C1)NC(=O)OCC1c2ccccc2-c2ccccc21. The predicted molar refractivity (Wildman–Crippen MR) is 121 cm³/mol.